The van der Waals surface area contributed by atoms with Crippen LogP contribution in [0.25, 0.3) is 0 Å². The predicted molar refractivity (Wildman–Crippen MR) is 69.8 cm³/mol. The molecule has 0 heterocycles. The molecule has 3 nitrogen and oxygen atoms in total. The average molecular weight is 248 g/mol. The molecule has 16 heavy (non-hydrogen) atoms. The van der Waals surface area contributed by atoms with Crippen LogP contribution in [0.2, 0.25) is 6.55 Å². The van der Waals surface area contributed by atoms with Crippen molar-refractivity contribution in [1.29, 1.82) is 0 Å². The lowest BCUT2D eigenvalue weighted by molar-refractivity contribution is 0.0539. The predicted octanol–water partition coefficient (Wildman–Crippen LogP) is 3.27. The minimum atomic E-state index is -2.14. The zero-order valence-corrected chi connectivity index (χ0v) is 12.5. The van der Waals surface area contributed by atoms with Gasteiger partial charge in [0.25, 0.3) is 0 Å². The molecular weight excluding hydrogens is 220 g/mol. The first-order valence-electron chi connectivity index (χ1n) is 6.36. The summed E-state index contributed by atoms with van der Waals surface area (Å²) in [6.07, 6.45) is 5.78. The molecule has 4 heteroatoms. The van der Waals surface area contributed by atoms with Crippen molar-refractivity contribution >= 4 is 8.56 Å². The first-order chi connectivity index (χ1) is 7.64. The topological polar surface area (TPSA) is 27.7 Å². The van der Waals surface area contributed by atoms with Crippen LogP contribution in [0.3, 0.4) is 0 Å². The number of rotatable bonds is 10. The van der Waals surface area contributed by atoms with E-state index in [1.165, 1.54) is 19.3 Å². The van der Waals surface area contributed by atoms with E-state index in [4.69, 9.17) is 13.6 Å². The molecule has 0 N–H and O–H groups in total. The van der Waals surface area contributed by atoms with Crippen LogP contribution in [-0.2, 0) is 13.6 Å². The van der Waals surface area contributed by atoms with Gasteiger partial charge in [-0.05, 0) is 19.4 Å². The van der Waals surface area contributed by atoms with E-state index in [0.717, 1.165) is 19.4 Å². The average Bonchev–Trinajstić information content (AvgIpc) is 2.32. The molecule has 0 aromatic heterocycles. The minimum absolute atomic E-state index is 0.161. The second kappa shape index (κ2) is 9.16. The van der Waals surface area contributed by atoms with E-state index in [0.29, 0.717) is 0 Å². The molecule has 0 amide bonds. The second-order valence-corrected chi connectivity index (χ2v) is 7.77. The van der Waals surface area contributed by atoms with Gasteiger partial charge >= 0.3 is 8.56 Å². The summed E-state index contributed by atoms with van der Waals surface area (Å²) in [5, 5.41) is 0. The number of hydrogen-bond donors (Lipinski definition) is 0. The Morgan fingerprint density at radius 2 is 1.62 bits per heavy atom. The van der Waals surface area contributed by atoms with Crippen molar-refractivity contribution < 1.29 is 13.6 Å². The summed E-state index contributed by atoms with van der Waals surface area (Å²) in [4.78, 5) is 0. The van der Waals surface area contributed by atoms with Gasteiger partial charge in [0.1, 0.15) is 5.73 Å². The minimum Gasteiger partial charge on any atom is -0.396 e. The van der Waals surface area contributed by atoms with E-state index in [1.807, 2.05) is 0 Å². The molecule has 0 bridgehead atoms. The van der Waals surface area contributed by atoms with Crippen LogP contribution in [0.5, 0.6) is 0 Å². The van der Waals surface area contributed by atoms with Gasteiger partial charge in [0.2, 0.25) is 0 Å². The molecule has 0 saturated heterocycles. The van der Waals surface area contributed by atoms with Crippen LogP contribution in [0.4, 0.5) is 0 Å². The lowest BCUT2D eigenvalue weighted by atomic mass is 10.2. The maximum Gasteiger partial charge on any atom is 0.364 e. The third-order valence-electron chi connectivity index (χ3n) is 2.99. The van der Waals surface area contributed by atoms with Gasteiger partial charge in [-0.15, -0.1) is 0 Å². The zero-order valence-electron chi connectivity index (χ0n) is 11.5. The Hall–Kier alpha value is 0.0969. The summed E-state index contributed by atoms with van der Waals surface area (Å²) in [5.74, 6) is 0. The molecular formula is C12H28O3Si. The van der Waals surface area contributed by atoms with E-state index in [-0.39, 0.29) is 5.73 Å². The highest BCUT2D eigenvalue weighted by atomic mass is 28.4. The van der Waals surface area contributed by atoms with E-state index in [9.17, 15) is 0 Å². The van der Waals surface area contributed by atoms with Crippen LogP contribution >= 0.6 is 0 Å². The SMILES string of the molecule is CCCCCC(OCCC)[Si](C)(OC)OC. The highest BCUT2D eigenvalue weighted by molar-refractivity contribution is 6.67. The van der Waals surface area contributed by atoms with Gasteiger partial charge in [0.05, 0.1) is 0 Å². The van der Waals surface area contributed by atoms with Crippen molar-refractivity contribution in [3.05, 3.63) is 0 Å². The molecule has 0 saturated carbocycles. The van der Waals surface area contributed by atoms with Crippen molar-refractivity contribution in [2.75, 3.05) is 20.8 Å². The summed E-state index contributed by atoms with van der Waals surface area (Å²) in [5.41, 5.74) is 0.161. The Labute approximate surface area is 102 Å². The lowest BCUT2D eigenvalue weighted by Crippen LogP contribution is -2.50. The fourth-order valence-corrected chi connectivity index (χ4v) is 3.52. The third kappa shape index (κ3) is 5.43. The van der Waals surface area contributed by atoms with E-state index in [1.54, 1.807) is 14.2 Å². The Morgan fingerprint density at radius 1 is 1.00 bits per heavy atom. The standard InChI is InChI=1S/C12H28O3Si/c1-6-8-9-10-12(15-11-7-2)16(5,13-3)14-4/h12H,6-11H2,1-5H3. The molecule has 0 rings (SSSR count). The molecule has 1 atom stereocenters. The van der Waals surface area contributed by atoms with Crippen LogP contribution in [-0.4, -0.2) is 35.1 Å². The van der Waals surface area contributed by atoms with Crippen LogP contribution < -0.4 is 0 Å². The summed E-state index contributed by atoms with van der Waals surface area (Å²) >= 11 is 0. The molecule has 0 aliphatic carbocycles. The quantitative estimate of drug-likeness (QED) is 0.439. The Balaban J connectivity index is 4.26. The largest absolute Gasteiger partial charge is 0.396 e. The molecule has 0 aliphatic rings. The summed E-state index contributed by atoms with van der Waals surface area (Å²) < 4.78 is 17.0. The fourth-order valence-electron chi connectivity index (χ4n) is 1.68. The lowest BCUT2D eigenvalue weighted by Gasteiger charge is -2.31. The Kier molecular flexibility index (Phi) is 9.22. The first-order valence-corrected chi connectivity index (χ1v) is 8.75. The van der Waals surface area contributed by atoms with Gasteiger partial charge in [-0.3, -0.25) is 0 Å². The van der Waals surface area contributed by atoms with Crippen molar-refractivity contribution in [2.45, 2.75) is 58.2 Å². The summed E-state index contributed by atoms with van der Waals surface area (Å²) in [6, 6.07) is 0. The van der Waals surface area contributed by atoms with Gasteiger partial charge < -0.3 is 13.6 Å². The second-order valence-electron chi connectivity index (χ2n) is 4.28. The van der Waals surface area contributed by atoms with Crippen LogP contribution in [0.1, 0.15) is 46.0 Å². The molecule has 98 valence electrons. The Morgan fingerprint density at radius 3 is 2.06 bits per heavy atom. The fraction of sp³-hybridized carbons (Fsp3) is 1.00. The van der Waals surface area contributed by atoms with Gasteiger partial charge in [0, 0.05) is 20.8 Å². The van der Waals surface area contributed by atoms with Crippen molar-refractivity contribution in [2.24, 2.45) is 0 Å². The van der Waals surface area contributed by atoms with Crippen molar-refractivity contribution in [3.8, 4) is 0 Å². The molecule has 0 fully saturated rings. The van der Waals surface area contributed by atoms with E-state index >= 15 is 0 Å². The van der Waals surface area contributed by atoms with Crippen molar-refractivity contribution in [3.63, 3.8) is 0 Å². The smallest absolute Gasteiger partial charge is 0.364 e. The third-order valence-corrected chi connectivity index (χ3v) is 6.23. The maximum atomic E-state index is 5.90. The maximum absolute atomic E-state index is 5.90. The molecule has 0 spiro atoms. The van der Waals surface area contributed by atoms with Gasteiger partial charge in [-0.25, -0.2) is 0 Å². The van der Waals surface area contributed by atoms with Gasteiger partial charge in [-0.1, -0.05) is 33.1 Å². The number of unbranched alkanes of at least 4 members (excludes halogenated alkanes) is 2. The highest BCUT2D eigenvalue weighted by Crippen LogP contribution is 2.20. The van der Waals surface area contributed by atoms with Gasteiger partial charge in [-0.2, -0.15) is 0 Å². The summed E-state index contributed by atoms with van der Waals surface area (Å²) in [7, 11) is 1.33. The zero-order chi connectivity index (χ0) is 12.4. The molecule has 0 radical (unpaired) electrons. The monoisotopic (exact) mass is 248 g/mol. The van der Waals surface area contributed by atoms with E-state index < -0.39 is 8.56 Å². The molecule has 0 aromatic carbocycles. The molecule has 0 aromatic rings. The number of ether oxygens (including phenoxy) is 1. The summed E-state index contributed by atoms with van der Waals surface area (Å²) in [6.45, 7) is 7.22. The first kappa shape index (κ1) is 16.1. The van der Waals surface area contributed by atoms with E-state index in [2.05, 4.69) is 20.4 Å². The number of hydrogen-bond acceptors (Lipinski definition) is 3. The highest BCUT2D eigenvalue weighted by Gasteiger charge is 2.39. The van der Waals surface area contributed by atoms with Gasteiger partial charge in [0.15, 0.2) is 0 Å². The Bertz CT molecular complexity index is 160. The molecule has 1 unspecified atom stereocenters. The van der Waals surface area contributed by atoms with Crippen molar-refractivity contribution in [1.82, 2.24) is 0 Å². The van der Waals surface area contributed by atoms with Crippen LogP contribution in [0, 0.1) is 0 Å². The van der Waals surface area contributed by atoms with Crippen LogP contribution in [0.15, 0.2) is 0 Å². The molecule has 0 aliphatic heterocycles. The normalized spacial score (nSPS) is 14.1.